The minimum atomic E-state index is -0.0774. The van der Waals surface area contributed by atoms with Gasteiger partial charge in [0.05, 0.1) is 11.0 Å². The zero-order chi connectivity index (χ0) is 22.4. The lowest BCUT2D eigenvalue weighted by atomic mass is 9.49. The topological polar surface area (TPSA) is 40.6 Å². The molecule has 33 heavy (non-hydrogen) atoms. The average Bonchev–Trinajstić information content (AvgIpc) is 3.35. The second-order valence-electron chi connectivity index (χ2n) is 10.6. The molecule has 2 heterocycles. The highest BCUT2D eigenvalue weighted by Gasteiger charge is 2.55. The molecule has 0 unspecified atom stereocenters. The first-order chi connectivity index (χ1) is 16.1. The molecule has 7 rings (SSSR count). The quantitative estimate of drug-likeness (QED) is 0.528. The molecule has 5 fully saturated rings. The number of thioether (sulfide) groups is 1. The Morgan fingerprint density at radius 2 is 1.52 bits per heavy atom. The van der Waals surface area contributed by atoms with Gasteiger partial charge in [-0.3, -0.25) is 9.59 Å². The van der Waals surface area contributed by atoms with E-state index in [0.717, 1.165) is 53.2 Å². The first-order valence-electron chi connectivity index (χ1n) is 12.4. The summed E-state index contributed by atoms with van der Waals surface area (Å²) < 4.78 is 0. The number of piperazine rings is 1. The first kappa shape index (κ1) is 21.7. The molecule has 2 aromatic rings. The summed E-state index contributed by atoms with van der Waals surface area (Å²) in [5.74, 6) is 3.74. The summed E-state index contributed by atoms with van der Waals surface area (Å²) in [6, 6.07) is 12.2. The van der Waals surface area contributed by atoms with Gasteiger partial charge in [-0.15, -0.1) is 23.1 Å². The minimum Gasteiger partial charge on any atom is -0.339 e. The van der Waals surface area contributed by atoms with Crippen LogP contribution in [-0.4, -0.2) is 47.8 Å². The molecule has 4 saturated carbocycles. The second-order valence-corrected chi connectivity index (χ2v) is 12.7. The van der Waals surface area contributed by atoms with Crippen LogP contribution in [0, 0.1) is 23.2 Å². The van der Waals surface area contributed by atoms with Crippen molar-refractivity contribution in [3.05, 3.63) is 52.2 Å². The third-order valence-electron chi connectivity index (χ3n) is 8.41. The number of thiophene rings is 1. The van der Waals surface area contributed by atoms with Crippen molar-refractivity contribution >= 4 is 34.9 Å². The van der Waals surface area contributed by atoms with E-state index in [1.54, 1.807) is 23.1 Å². The fourth-order valence-electron chi connectivity index (χ4n) is 7.30. The third kappa shape index (κ3) is 4.14. The number of carbonyl (C=O) groups is 2. The number of benzene rings is 1. The van der Waals surface area contributed by atoms with Crippen molar-refractivity contribution in [1.82, 2.24) is 9.80 Å². The largest absolute Gasteiger partial charge is 0.339 e. The van der Waals surface area contributed by atoms with Gasteiger partial charge in [-0.1, -0.05) is 18.2 Å². The molecular formula is C27H32N2O2S2. The van der Waals surface area contributed by atoms with E-state index < -0.39 is 0 Å². The Morgan fingerprint density at radius 1 is 0.879 bits per heavy atom. The van der Waals surface area contributed by atoms with Crippen LogP contribution in [-0.2, 0) is 10.5 Å². The molecule has 1 aromatic heterocycles. The van der Waals surface area contributed by atoms with Gasteiger partial charge in [0.15, 0.2) is 0 Å². The highest BCUT2D eigenvalue weighted by atomic mass is 32.2. The maximum absolute atomic E-state index is 13.7. The number of carbonyl (C=O) groups excluding carboxylic acids is 2. The van der Waals surface area contributed by atoms with Gasteiger partial charge >= 0.3 is 0 Å². The molecule has 2 amide bonds. The Bertz CT molecular complexity index is 991. The van der Waals surface area contributed by atoms with E-state index in [9.17, 15) is 9.59 Å². The van der Waals surface area contributed by atoms with Gasteiger partial charge < -0.3 is 9.80 Å². The summed E-state index contributed by atoms with van der Waals surface area (Å²) in [6.45, 7) is 2.63. The van der Waals surface area contributed by atoms with E-state index in [1.807, 2.05) is 23.1 Å². The van der Waals surface area contributed by atoms with Crippen molar-refractivity contribution in [2.45, 2.75) is 49.2 Å². The van der Waals surface area contributed by atoms with E-state index in [0.29, 0.717) is 32.1 Å². The zero-order valence-electron chi connectivity index (χ0n) is 19.1. The van der Waals surface area contributed by atoms with Crippen LogP contribution >= 0.6 is 23.1 Å². The van der Waals surface area contributed by atoms with Crippen LogP contribution in [0.5, 0.6) is 0 Å². The van der Waals surface area contributed by atoms with Gasteiger partial charge in [-0.2, -0.15) is 0 Å². The summed E-state index contributed by atoms with van der Waals surface area (Å²) in [4.78, 5) is 33.5. The predicted molar refractivity (Wildman–Crippen MR) is 133 cm³/mol. The summed E-state index contributed by atoms with van der Waals surface area (Å²) in [5.41, 5.74) is 0.714. The van der Waals surface area contributed by atoms with E-state index in [-0.39, 0.29) is 11.3 Å². The molecule has 1 aromatic carbocycles. The lowest BCUT2D eigenvalue weighted by molar-refractivity contribution is -0.159. The Morgan fingerprint density at radius 3 is 2.15 bits per heavy atom. The minimum absolute atomic E-state index is 0.0774. The molecule has 1 saturated heterocycles. The van der Waals surface area contributed by atoms with E-state index in [4.69, 9.17) is 0 Å². The molecule has 1 aliphatic heterocycles. The van der Waals surface area contributed by atoms with E-state index in [1.165, 1.54) is 24.1 Å². The van der Waals surface area contributed by atoms with Crippen molar-refractivity contribution in [2.75, 3.05) is 26.2 Å². The summed E-state index contributed by atoms with van der Waals surface area (Å²) in [7, 11) is 0. The lowest BCUT2D eigenvalue weighted by Crippen LogP contribution is -2.58. The van der Waals surface area contributed by atoms with Crippen molar-refractivity contribution < 1.29 is 9.59 Å². The maximum Gasteiger partial charge on any atom is 0.255 e. The molecule has 174 valence electrons. The average molecular weight is 481 g/mol. The van der Waals surface area contributed by atoms with Crippen LogP contribution in [0.1, 0.15) is 53.8 Å². The van der Waals surface area contributed by atoms with Crippen molar-refractivity contribution in [1.29, 1.82) is 0 Å². The van der Waals surface area contributed by atoms with E-state index >= 15 is 0 Å². The van der Waals surface area contributed by atoms with Gasteiger partial charge in [0.1, 0.15) is 0 Å². The standard InChI is InChI=1S/C27H32N2O2S2/c30-25(23-5-1-2-6-24(23)33-18-22-4-3-11-32-22)28-7-9-29(10-8-28)26(31)27-15-19-12-20(16-27)14-21(13-19)17-27/h1-6,11,19-21H,7-10,12-18H2. The van der Waals surface area contributed by atoms with Gasteiger partial charge in [0.2, 0.25) is 5.91 Å². The number of hydrogen-bond donors (Lipinski definition) is 0. The highest BCUT2D eigenvalue weighted by molar-refractivity contribution is 7.98. The van der Waals surface area contributed by atoms with Crippen LogP contribution in [0.15, 0.2) is 46.7 Å². The Hall–Kier alpha value is -1.79. The van der Waals surface area contributed by atoms with Crippen LogP contribution in [0.4, 0.5) is 0 Å². The highest BCUT2D eigenvalue weighted by Crippen LogP contribution is 2.60. The molecule has 6 heteroatoms. The van der Waals surface area contributed by atoms with Crippen LogP contribution < -0.4 is 0 Å². The smallest absolute Gasteiger partial charge is 0.255 e. The molecule has 4 bridgehead atoms. The van der Waals surface area contributed by atoms with Gasteiger partial charge in [0.25, 0.3) is 5.91 Å². The fourth-order valence-corrected chi connectivity index (χ4v) is 9.12. The summed E-state index contributed by atoms with van der Waals surface area (Å²) in [6.07, 6.45) is 7.43. The number of rotatable bonds is 5. The van der Waals surface area contributed by atoms with Crippen LogP contribution in [0.2, 0.25) is 0 Å². The Kier molecular flexibility index (Phi) is 5.77. The molecule has 0 N–H and O–H groups in total. The van der Waals surface area contributed by atoms with Gasteiger partial charge in [0, 0.05) is 41.7 Å². The van der Waals surface area contributed by atoms with Crippen molar-refractivity contribution in [3.63, 3.8) is 0 Å². The molecule has 0 atom stereocenters. The SMILES string of the molecule is O=C(c1ccccc1SCc1cccs1)N1CCN(C(=O)C23CC4CC(CC(C4)C2)C3)CC1. The van der Waals surface area contributed by atoms with Crippen LogP contribution in [0.3, 0.4) is 0 Å². The second kappa shape index (κ2) is 8.77. The van der Waals surface area contributed by atoms with Gasteiger partial charge in [-0.25, -0.2) is 0 Å². The number of hydrogen-bond acceptors (Lipinski definition) is 4. The summed E-state index contributed by atoms with van der Waals surface area (Å²) >= 11 is 3.49. The van der Waals surface area contributed by atoms with Crippen molar-refractivity contribution in [2.24, 2.45) is 23.2 Å². The first-order valence-corrected chi connectivity index (χ1v) is 14.3. The lowest BCUT2D eigenvalue weighted by Gasteiger charge is -2.57. The summed E-state index contributed by atoms with van der Waals surface area (Å²) in [5, 5.41) is 2.09. The molecule has 4 nitrogen and oxygen atoms in total. The molecule has 0 radical (unpaired) electrons. The predicted octanol–water partition coefficient (Wildman–Crippen LogP) is 5.54. The van der Waals surface area contributed by atoms with Crippen LogP contribution in [0.25, 0.3) is 0 Å². The maximum atomic E-state index is 13.7. The molecular weight excluding hydrogens is 448 g/mol. The normalized spacial score (nSPS) is 30.6. The zero-order valence-corrected chi connectivity index (χ0v) is 20.7. The number of amides is 2. The third-order valence-corrected chi connectivity index (χ3v) is 10.6. The molecule has 0 spiro atoms. The van der Waals surface area contributed by atoms with Gasteiger partial charge in [-0.05, 0) is 79.9 Å². The Labute approximate surface area is 204 Å². The van der Waals surface area contributed by atoms with E-state index in [2.05, 4.69) is 28.5 Å². The number of nitrogens with zero attached hydrogens (tertiary/aromatic N) is 2. The molecule has 4 aliphatic carbocycles. The molecule has 5 aliphatic rings. The fraction of sp³-hybridized carbons (Fsp3) is 0.556. The monoisotopic (exact) mass is 480 g/mol. The van der Waals surface area contributed by atoms with Crippen molar-refractivity contribution in [3.8, 4) is 0 Å². The Balaban J connectivity index is 1.10.